The molecule has 0 saturated heterocycles. The highest BCUT2D eigenvalue weighted by Gasteiger charge is 2.31. The Kier molecular flexibility index (Phi) is 7.21. The van der Waals surface area contributed by atoms with Crippen LogP contribution in [0, 0.1) is 5.92 Å². The van der Waals surface area contributed by atoms with E-state index >= 15 is 0 Å². The van der Waals surface area contributed by atoms with Crippen LogP contribution in [0.1, 0.15) is 25.0 Å². The molecule has 1 aromatic rings. The van der Waals surface area contributed by atoms with Gasteiger partial charge in [0, 0.05) is 0 Å². The summed E-state index contributed by atoms with van der Waals surface area (Å²) in [5.74, 6) is -2.51. The summed E-state index contributed by atoms with van der Waals surface area (Å²) in [5.41, 5.74) is 0.397. The zero-order valence-corrected chi connectivity index (χ0v) is 13.3. The average Bonchev–Trinajstić information content (AvgIpc) is 2.58. The van der Waals surface area contributed by atoms with Crippen molar-refractivity contribution in [2.75, 3.05) is 14.2 Å². The number of aliphatic hydroxyl groups excluding tert-OH is 1. The van der Waals surface area contributed by atoms with E-state index in [1.165, 1.54) is 14.2 Å². The van der Waals surface area contributed by atoms with Crippen LogP contribution >= 0.6 is 0 Å². The number of methoxy groups -OCH3 is 2. The molecular formula is C16H21NO6. The fourth-order valence-corrected chi connectivity index (χ4v) is 2.04. The molecule has 1 amide bonds. The van der Waals surface area contributed by atoms with E-state index in [0.29, 0.717) is 5.56 Å². The van der Waals surface area contributed by atoms with E-state index in [2.05, 4.69) is 14.8 Å². The summed E-state index contributed by atoms with van der Waals surface area (Å²) in [5, 5.41) is 12.5. The lowest BCUT2D eigenvalue weighted by molar-refractivity contribution is -0.149. The highest BCUT2D eigenvalue weighted by atomic mass is 16.5. The average molecular weight is 323 g/mol. The van der Waals surface area contributed by atoms with E-state index in [1.807, 2.05) is 0 Å². The summed E-state index contributed by atoms with van der Waals surface area (Å²) in [4.78, 5) is 35.3. The van der Waals surface area contributed by atoms with Gasteiger partial charge >= 0.3 is 11.9 Å². The molecule has 0 bridgehead atoms. The first-order valence-electron chi connectivity index (χ1n) is 7.08. The number of rotatable bonds is 7. The second-order valence-corrected chi connectivity index (χ2v) is 5.08. The Bertz CT molecular complexity index is 545. The van der Waals surface area contributed by atoms with Crippen LogP contribution in [0.5, 0.6) is 0 Å². The van der Waals surface area contributed by atoms with Gasteiger partial charge in [-0.25, -0.2) is 4.79 Å². The number of nitrogens with one attached hydrogen (secondary N) is 1. The van der Waals surface area contributed by atoms with E-state index in [4.69, 9.17) is 0 Å². The number of amides is 1. The van der Waals surface area contributed by atoms with Crippen molar-refractivity contribution in [3.05, 3.63) is 35.9 Å². The molecule has 7 nitrogen and oxygen atoms in total. The van der Waals surface area contributed by atoms with Crippen LogP contribution in [0.25, 0.3) is 0 Å². The molecule has 0 aliphatic rings. The maximum Gasteiger partial charge on any atom is 0.328 e. The summed E-state index contributed by atoms with van der Waals surface area (Å²) in [6, 6.07) is 7.24. The maximum absolute atomic E-state index is 12.1. The minimum absolute atomic E-state index is 0.0714. The summed E-state index contributed by atoms with van der Waals surface area (Å²) in [6.07, 6.45) is -1.49. The van der Waals surface area contributed by atoms with Crippen molar-refractivity contribution < 1.29 is 29.0 Å². The SMILES string of the molecule is COC(=O)C[C@H](C)[C@@H](NC(=O)[C@@H](O)c1ccccc1)C(=O)OC. The summed E-state index contributed by atoms with van der Waals surface area (Å²) in [6.45, 7) is 1.60. The minimum Gasteiger partial charge on any atom is -0.469 e. The number of ether oxygens (including phenoxy) is 2. The molecule has 0 saturated carbocycles. The molecule has 0 unspecified atom stereocenters. The third-order valence-electron chi connectivity index (χ3n) is 3.40. The molecule has 0 radical (unpaired) electrons. The van der Waals surface area contributed by atoms with Gasteiger partial charge in [0.1, 0.15) is 6.04 Å². The Labute approximate surface area is 134 Å². The first kappa shape index (κ1) is 18.6. The first-order valence-corrected chi connectivity index (χ1v) is 7.08. The first-order chi connectivity index (χ1) is 10.9. The van der Waals surface area contributed by atoms with E-state index in [1.54, 1.807) is 37.3 Å². The van der Waals surface area contributed by atoms with Gasteiger partial charge in [0.2, 0.25) is 0 Å². The van der Waals surface area contributed by atoms with Gasteiger partial charge in [-0.1, -0.05) is 37.3 Å². The van der Waals surface area contributed by atoms with Gasteiger partial charge in [0.25, 0.3) is 5.91 Å². The van der Waals surface area contributed by atoms with Crippen molar-refractivity contribution in [1.82, 2.24) is 5.32 Å². The van der Waals surface area contributed by atoms with Crippen LogP contribution in [-0.2, 0) is 23.9 Å². The Morgan fingerprint density at radius 2 is 1.74 bits per heavy atom. The van der Waals surface area contributed by atoms with Crippen LogP contribution in [0.15, 0.2) is 30.3 Å². The van der Waals surface area contributed by atoms with E-state index in [-0.39, 0.29) is 6.42 Å². The van der Waals surface area contributed by atoms with Gasteiger partial charge in [0.15, 0.2) is 6.10 Å². The van der Waals surface area contributed by atoms with Gasteiger partial charge in [0.05, 0.1) is 20.6 Å². The van der Waals surface area contributed by atoms with Gasteiger partial charge in [-0.3, -0.25) is 9.59 Å². The van der Waals surface area contributed by atoms with Crippen molar-refractivity contribution in [2.24, 2.45) is 5.92 Å². The zero-order chi connectivity index (χ0) is 17.4. The van der Waals surface area contributed by atoms with Crippen molar-refractivity contribution in [3.63, 3.8) is 0 Å². The van der Waals surface area contributed by atoms with Crippen LogP contribution in [0.4, 0.5) is 0 Å². The van der Waals surface area contributed by atoms with E-state index < -0.39 is 35.9 Å². The Hall–Kier alpha value is -2.41. The van der Waals surface area contributed by atoms with E-state index in [9.17, 15) is 19.5 Å². The molecule has 0 aliphatic heterocycles. The van der Waals surface area contributed by atoms with Crippen molar-refractivity contribution >= 4 is 17.8 Å². The molecule has 23 heavy (non-hydrogen) atoms. The zero-order valence-electron chi connectivity index (χ0n) is 13.3. The van der Waals surface area contributed by atoms with E-state index in [0.717, 1.165) is 0 Å². The topological polar surface area (TPSA) is 102 Å². The van der Waals surface area contributed by atoms with Crippen LogP contribution in [0.3, 0.4) is 0 Å². The molecule has 1 rings (SSSR count). The molecule has 3 atom stereocenters. The highest BCUT2D eigenvalue weighted by molar-refractivity contribution is 5.88. The van der Waals surface area contributed by atoms with Crippen molar-refractivity contribution in [2.45, 2.75) is 25.5 Å². The molecule has 0 aliphatic carbocycles. The fourth-order valence-electron chi connectivity index (χ4n) is 2.04. The molecule has 7 heteroatoms. The number of carbonyl (C=O) groups excluding carboxylic acids is 3. The van der Waals surface area contributed by atoms with Gasteiger partial charge in [-0.2, -0.15) is 0 Å². The number of benzene rings is 1. The standard InChI is InChI=1S/C16H21NO6/c1-10(9-12(18)22-2)13(16(21)23-3)17-15(20)14(19)11-7-5-4-6-8-11/h4-8,10,13-14,19H,9H2,1-3H3,(H,17,20)/t10-,13+,14-/m0/s1. The third kappa shape index (κ3) is 5.37. The maximum atomic E-state index is 12.1. The molecule has 0 aromatic heterocycles. The van der Waals surface area contributed by atoms with Crippen LogP contribution in [0.2, 0.25) is 0 Å². The van der Waals surface area contributed by atoms with Gasteiger partial charge in [-0.05, 0) is 11.5 Å². The number of aliphatic hydroxyl groups is 1. The number of hydrogen-bond donors (Lipinski definition) is 2. The summed E-state index contributed by atoms with van der Waals surface area (Å²) in [7, 11) is 2.42. The second kappa shape index (κ2) is 8.89. The molecule has 1 aromatic carbocycles. The summed E-state index contributed by atoms with van der Waals surface area (Å²) < 4.78 is 9.20. The number of esters is 2. The molecule has 0 spiro atoms. The largest absolute Gasteiger partial charge is 0.469 e. The quantitative estimate of drug-likeness (QED) is 0.712. The normalized spacial score (nSPS) is 14.3. The Morgan fingerprint density at radius 3 is 2.26 bits per heavy atom. The van der Waals surface area contributed by atoms with Gasteiger partial charge < -0.3 is 19.9 Å². The lowest BCUT2D eigenvalue weighted by Crippen LogP contribution is -2.48. The predicted molar refractivity (Wildman–Crippen MR) is 81.1 cm³/mol. The Balaban J connectivity index is 2.82. The fraction of sp³-hybridized carbons (Fsp3) is 0.438. The molecule has 126 valence electrons. The summed E-state index contributed by atoms with van der Waals surface area (Å²) >= 11 is 0. The monoisotopic (exact) mass is 323 g/mol. The number of carbonyl (C=O) groups is 3. The molecule has 2 N–H and O–H groups in total. The molecule has 0 fully saturated rings. The third-order valence-corrected chi connectivity index (χ3v) is 3.40. The lowest BCUT2D eigenvalue weighted by atomic mass is 9.97. The lowest BCUT2D eigenvalue weighted by Gasteiger charge is -2.23. The predicted octanol–water partition coefficient (Wildman–Crippen LogP) is 0.577. The van der Waals surface area contributed by atoms with Crippen molar-refractivity contribution in [3.8, 4) is 0 Å². The van der Waals surface area contributed by atoms with Crippen LogP contribution < -0.4 is 5.32 Å². The minimum atomic E-state index is -1.42. The van der Waals surface area contributed by atoms with Gasteiger partial charge in [-0.15, -0.1) is 0 Å². The highest BCUT2D eigenvalue weighted by Crippen LogP contribution is 2.15. The Morgan fingerprint density at radius 1 is 1.13 bits per heavy atom. The second-order valence-electron chi connectivity index (χ2n) is 5.08. The number of hydrogen-bond acceptors (Lipinski definition) is 6. The smallest absolute Gasteiger partial charge is 0.328 e. The van der Waals surface area contributed by atoms with Crippen molar-refractivity contribution in [1.29, 1.82) is 0 Å². The van der Waals surface area contributed by atoms with Crippen LogP contribution in [-0.4, -0.2) is 43.2 Å². The molecule has 0 heterocycles. The molecular weight excluding hydrogens is 302 g/mol.